The average molecular weight is 313 g/mol. The minimum atomic E-state index is -1.60. The summed E-state index contributed by atoms with van der Waals surface area (Å²) in [6.45, 7) is 0.0606. The Balaban J connectivity index is 1.78. The lowest BCUT2D eigenvalue weighted by atomic mass is 10.1. The number of fused-ring (bicyclic) bond motifs is 1. The Morgan fingerprint density at radius 1 is 1.52 bits per heavy atom. The molecule has 1 saturated heterocycles. The van der Waals surface area contributed by atoms with E-state index in [0.29, 0.717) is 17.0 Å². The zero-order valence-corrected chi connectivity index (χ0v) is 11.7. The third-order valence-electron chi connectivity index (χ3n) is 3.27. The minimum Gasteiger partial charge on any atom is -0.490 e. The summed E-state index contributed by atoms with van der Waals surface area (Å²) in [6.07, 6.45) is -2.21. The van der Waals surface area contributed by atoms with Crippen molar-refractivity contribution in [3.63, 3.8) is 0 Å². The highest BCUT2D eigenvalue weighted by Crippen LogP contribution is 2.30. The lowest BCUT2D eigenvalue weighted by Crippen LogP contribution is -2.29. The second kappa shape index (κ2) is 5.60. The Labute approximate surface area is 123 Å². The van der Waals surface area contributed by atoms with Crippen LogP contribution in [0, 0.1) is 0 Å². The number of ether oxygens (including phenoxy) is 2. The highest BCUT2D eigenvalue weighted by atomic mass is 32.2. The van der Waals surface area contributed by atoms with E-state index in [1.54, 1.807) is 18.2 Å². The normalized spacial score (nSPS) is 31.2. The molecule has 1 aromatic carbocycles. The Bertz CT molecular complexity index is 609. The summed E-state index contributed by atoms with van der Waals surface area (Å²) in [5.74, 6) is 0.556. The molecule has 0 radical (unpaired) electrons. The Morgan fingerprint density at radius 2 is 2.33 bits per heavy atom. The molecule has 114 valence electrons. The maximum atomic E-state index is 11.4. The van der Waals surface area contributed by atoms with Crippen LogP contribution in [-0.4, -0.2) is 45.4 Å². The summed E-state index contributed by atoms with van der Waals surface area (Å²) >= 11 is -1.60. The van der Waals surface area contributed by atoms with E-state index in [1.807, 2.05) is 0 Å². The zero-order chi connectivity index (χ0) is 15.0. The van der Waals surface area contributed by atoms with Crippen molar-refractivity contribution in [3.05, 3.63) is 23.8 Å². The zero-order valence-electron chi connectivity index (χ0n) is 10.9. The molecule has 0 aromatic heterocycles. The second-order valence-electron chi connectivity index (χ2n) is 4.75. The summed E-state index contributed by atoms with van der Waals surface area (Å²) < 4.78 is 28.6. The molecule has 1 fully saturated rings. The van der Waals surface area contributed by atoms with Gasteiger partial charge in [-0.1, -0.05) is 6.07 Å². The minimum absolute atomic E-state index is 0.0606. The molecule has 2 aliphatic rings. The molecule has 21 heavy (non-hydrogen) atoms. The first kappa shape index (κ1) is 14.3. The molecule has 8 nitrogen and oxygen atoms in total. The molecule has 4 atom stereocenters. The molecule has 2 aliphatic heterocycles. The number of amidine groups is 1. The molecule has 0 saturated carbocycles. The summed E-state index contributed by atoms with van der Waals surface area (Å²) in [6, 6.07) is 5.12. The number of nitrogens with two attached hydrogens (primary N) is 1. The van der Waals surface area contributed by atoms with Crippen LogP contribution in [0.4, 0.5) is 5.69 Å². The topological polar surface area (TPSA) is 126 Å². The summed E-state index contributed by atoms with van der Waals surface area (Å²) in [5.41, 5.74) is 6.87. The standard InChI is InChI=1S/C12H15N3O5S/c13-12-11-6(14-21(18)15-12)2-1-3-8(11)19-5-9-7(16)4-10(17)20-9/h1-3,7,9-10,14,16-17H,4-5H2,(H2,13,15). The van der Waals surface area contributed by atoms with Crippen LogP contribution in [0.25, 0.3) is 0 Å². The van der Waals surface area contributed by atoms with E-state index in [-0.39, 0.29) is 18.9 Å². The van der Waals surface area contributed by atoms with E-state index in [0.717, 1.165) is 0 Å². The van der Waals surface area contributed by atoms with Crippen LogP contribution in [0.2, 0.25) is 0 Å². The van der Waals surface area contributed by atoms with Crippen molar-refractivity contribution in [3.8, 4) is 5.75 Å². The first-order valence-electron chi connectivity index (χ1n) is 6.35. The van der Waals surface area contributed by atoms with E-state index < -0.39 is 29.7 Å². The molecule has 1 aromatic rings. The van der Waals surface area contributed by atoms with E-state index in [4.69, 9.17) is 15.2 Å². The fourth-order valence-corrected chi connectivity index (χ4v) is 2.95. The summed E-state index contributed by atoms with van der Waals surface area (Å²) in [4.78, 5) is 0. The molecule has 3 rings (SSSR count). The maximum absolute atomic E-state index is 11.4. The number of aliphatic hydroxyl groups excluding tert-OH is 2. The van der Waals surface area contributed by atoms with Gasteiger partial charge in [-0.25, -0.2) is 4.21 Å². The maximum Gasteiger partial charge on any atom is 0.245 e. The van der Waals surface area contributed by atoms with Crippen LogP contribution < -0.4 is 15.2 Å². The molecule has 0 spiro atoms. The molecular formula is C12H15N3O5S. The lowest BCUT2D eigenvalue weighted by Gasteiger charge is -2.20. The number of nitrogens with one attached hydrogen (secondary N) is 1. The van der Waals surface area contributed by atoms with Crippen molar-refractivity contribution in [1.82, 2.24) is 0 Å². The van der Waals surface area contributed by atoms with Gasteiger partial charge in [0.25, 0.3) is 0 Å². The van der Waals surface area contributed by atoms with E-state index in [9.17, 15) is 14.4 Å². The van der Waals surface area contributed by atoms with Crippen LogP contribution in [0.15, 0.2) is 22.6 Å². The number of nitrogens with zero attached hydrogens (tertiary/aromatic N) is 1. The number of aliphatic hydroxyl groups is 2. The predicted octanol–water partition coefficient (Wildman–Crippen LogP) is -0.757. The number of hydrogen-bond donors (Lipinski definition) is 4. The van der Waals surface area contributed by atoms with E-state index in [2.05, 4.69) is 9.12 Å². The largest absolute Gasteiger partial charge is 0.490 e. The molecule has 5 N–H and O–H groups in total. The van der Waals surface area contributed by atoms with Gasteiger partial charge in [0.05, 0.1) is 17.4 Å². The molecule has 9 heteroatoms. The third-order valence-corrected chi connectivity index (χ3v) is 4.03. The Morgan fingerprint density at radius 3 is 3.05 bits per heavy atom. The highest BCUT2D eigenvalue weighted by molar-refractivity contribution is 7.85. The van der Waals surface area contributed by atoms with Crippen LogP contribution >= 0.6 is 0 Å². The van der Waals surface area contributed by atoms with Crippen LogP contribution in [0.3, 0.4) is 0 Å². The Hall–Kier alpha value is -1.68. The average Bonchev–Trinajstić information content (AvgIpc) is 2.74. The van der Waals surface area contributed by atoms with Crippen LogP contribution in [0.1, 0.15) is 12.0 Å². The van der Waals surface area contributed by atoms with Gasteiger partial charge in [-0.2, -0.15) is 4.40 Å². The highest BCUT2D eigenvalue weighted by Gasteiger charge is 2.33. The molecule has 0 bridgehead atoms. The smallest absolute Gasteiger partial charge is 0.245 e. The van der Waals surface area contributed by atoms with Crippen molar-refractivity contribution < 1.29 is 23.9 Å². The molecule has 4 unspecified atom stereocenters. The molecule has 0 aliphatic carbocycles. The SMILES string of the molecule is NC1=NS(=O)Nc2cccc(OCC3OC(O)CC3O)c21. The van der Waals surface area contributed by atoms with Gasteiger partial charge in [0.15, 0.2) is 6.29 Å². The number of hydrogen-bond acceptors (Lipinski definition) is 6. The van der Waals surface area contributed by atoms with Gasteiger partial charge < -0.3 is 25.4 Å². The molecule has 2 heterocycles. The van der Waals surface area contributed by atoms with Crippen molar-refractivity contribution in [2.45, 2.75) is 24.9 Å². The van der Waals surface area contributed by atoms with Crippen LogP contribution in [-0.2, 0) is 15.9 Å². The van der Waals surface area contributed by atoms with E-state index in [1.165, 1.54) is 0 Å². The number of benzene rings is 1. The fourth-order valence-electron chi connectivity index (χ4n) is 2.28. The number of anilines is 1. The molecular weight excluding hydrogens is 298 g/mol. The van der Waals surface area contributed by atoms with Gasteiger partial charge in [-0.15, -0.1) is 0 Å². The van der Waals surface area contributed by atoms with Gasteiger partial charge in [0.1, 0.15) is 24.3 Å². The van der Waals surface area contributed by atoms with Crippen molar-refractivity contribution in [2.24, 2.45) is 10.1 Å². The van der Waals surface area contributed by atoms with Crippen molar-refractivity contribution in [2.75, 3.05) is 11.3 Å². The predicted molar refractivity (Wildman–Crippen MR) is 75.9 cm³/mol. The first-order chi connectivity index (χ1) is 10.0. The first-order valence-corrected chi connectivity index (χ1v) is 7.46. The fraction of sp³-hybridized carbons (Fsp3) is 0.417. The Kier molecular flexibility index (Phi) is 3.81. The molecule has 0 amide bonds. The van der Waals surface area contributed by atoms with Gasteiger partial charge >= 0.3 is 0 Å². The van der Waals surface area contributed by atoms with Gasteiger partial charge in [0.2, 0.25) is 11.2 Å². The summed E-state index contributed by atoms with van der Waals surface area (Å²) in [5, 5.41) is 19.0. The monoisotopic (exact) mass is 313 g/mol. The lowest BCUT2D eigenvalue weighted by molar-refractivity contribution is -0.104. The second-order valence-corrected chi connectivity index (χ2v) is 5.63. The number of rotatable bonds is 3. The van der Waals surface area contributed by atoms with Crippen LogP contribution in [0.5, 0.6) is 5.75 Å². The van der Waals surface area contributed by atoms with E-state index >= 15 is 0 Å². The van der Waals surface area contributed by atoms with Gasteiger partial charge in [0, 0.05) is 6.42 Å². The third kappa shape index (κ3) is 2.86. The van der Waals surface area contributed by atoms with Crippen molar-refractivity contribution in [1.29, 1.82) is 0 Å². The van der Waals surface area contributed by atoms with Crippen molar-refractivity contribution >= 4 is 22.7 Å². The quantitative estimate of drug-likeness (QED) is 0.581. The summed E-state index contributed by atoms with van der Waals surface area (Å²) in [7, 11) is 0. The van der Waals surface area contributed by atoms with Gasteiger partial charge in [-0.05, 0) is 12.1 Å². The van der Waals surface area contributed by atoms with Gasteiger partial charge in [-0.3, -0.25) is 4.72 Å².